The molecule has 0 radical (unpaired) electrons. The predicted molar refractivity (Wildman–Crippen MR) is 95.8 cm³/mol. The lowest BCUT2D eigenvalue weighted by Gasteiger charge is -2.62. The number of ether oxygens (including phenoxy) is 1. The Balaban J connectivity index is 1.45. The fourth-order valence-corrected chi connectivity index (χ4v) is 4.75. The highest BCUT2D eigenvalue weighted by Crippen LogP contribution is 2.61. The van der Waals surface area contributed by atoms with E-state index in [1.54, 1.807) is 7.11 Å². The molecule has 2 N–H and O–H groups in total. The van der Waals surface area contributed by atoms with Crippen molar-refractivity contribution in [3.63, 3.8) is 0 Å². The van der Waals surface area contributed by atoms with Crippen molar-refractivity contribution >= 4 is 5.91 Å². The summed E-state index contributed by atoms with van der Waals surface area (Å²) >= 11 is 0. The Bertz CT molecular complexity index is 599. The van der Waals surface area contributed by atoms with Gasteiger partial charge < -0.3 is 15.4 Å². The topological polar surface area (TPSA) is 50.4 Å². The summed E-state index contributed by atoms with van der Waals surface area (Å²) in [7, 11) is 1.65. The number of hydrogen-bond donors (Lipinski definition) is 2. The number of carbonyl (C=O) groups excluding carboxylic acids is 1. The van der Waals surface area contributed by atoms with E-state index in [0.29, 0.717) is 30.5 Å². The van der Waals surface area contributed by atoms with Crippen molar-refractivity contribution in [3.05, 3.63) is 29.8 Å². The molecule has 4 atom stereocenters. The van der Waals surface area contributed by atoms with Crippen LogP contribution in [-0.4, -0.2) is 25.6 Å². The van der Waals surface area contributed by atoms with Crippen LogP contribution in [0.15, 0.2) is 24.3 Å². The Hall–Kier alpha value is -1.55. The van der Waals surface area contributed by atoms with E-state index < -0.39 is 0 Å². The zero-order chi connectivity index (χ0) is 17.3. The summed E-state index contributed by atoms with van der Waals surface area (Å²) in [6.07, 6.45) is 2.57. The van der Waals surface area contributed by atoms with Gasteiger partial charge in [0, 0.05) is 18.2 Å². The normalized spacial score (nSPS) is 30.3. The monoisotopic (exact) mass is 330 g/mol. The lowest BCUT2D eigenvalue weighted by Crippen LogP contribution is -2.60. The summed E-state index contributed by atoms with van der Waals surface area (Å²) in [6.45, 7) is 8.04. The van der Waals surface area contributed by atoms with Crippen molar-refractivity contribution in [2.45, 2.75) is 46.2 Å². The van der Waals surface area contributed by atoms with Gasteiger partial charge in [-0.1, -0.05) is 39.0 Å². The molecule has 0 aromatic heterocycles. The summed E-state index contributed by atoms with van der Waals surface area (Å²) in [5, 5.41) is 6.48. The van der Waals surface area contributed by atoms with Gasteiger partial charge in [0.05, 0.1) is 13.7 Å². The van der Waals surface area contributed by atoms with Crippen LogP contribution in [0.5, 0.6) is 5.75 Å². The summed E-state index contributed by atoms with van der Waals surface area (Å²) in [4.78, 5) is 12.2. The molecule has 3 aliphatic rings. The van der Waals surface area contributed by atoms with Crippen LogP contribution >= 0.6 is 0 Å². The number of para-hydroxylation sites is 1. The Morgan fingerprint density at radius 3 is 2.71 bits per heavy atom. The third-order valence-corrected chi connectivity index (χ3v) is 6.55. The number of methoxy groups -OCH3 is 1. The molecular formula is C20H30N2O2. The zero-order valence-electron chi connectivity index (χ0n) is 15.3. The number of carbonyl (C=O) groups is 1. The fourth-order valence-electron chi connectivity index (χ4n) is 4.75. The maximum Gasteiger partial charge on any atom is 0.234 e. The second kappa shape index (κ2) is 6.75. The third-order valence-electron chi connectivity index (χ3n) is 6.55. The summed E-state index contributed by atoms with van der Waals surface area (Å²) in [5.74, 6) is 3.12. The van der Waals surface area contributed by atoms with Crippen molar-refractivity contribution in [2.24, 2.45) is 23.2 Å². The van der Waals surface area contributed by atoms with E-state index in [1.807, 2.05) is 24.3 Å². The number of rotatable bonds is 6. The van der Waals surface area contributed by atoms with E-state index in [-0.39, 0.29) is 5.91 Å². The molecule has 0 heterocycles. The molecule has 4 heteroatoms. The number of benzene rings is 1. The molecule has 4 rings (SSSR count). The molecule has 4 nitrogen and oxygen atoms in total. The van der Waals surface area contributed by atoms with E-state index in [1.165, 1.54) is 12.8 Å². The molecule has 3 fully saturated rings. The molecule has 0 saturated heterocycles. The second-order valence-electron chi connectivity index (χ2n) is 8.03. The van der Waals surface area contributed by atoms with Crippen LogP contribution in [0.25, 0.3) is 0 Å². The minimum atomic E-state index is 0.0478. The van der Waals surface area contributed by atoms with Crippen molar-refractivity contribution in [1.82, 2.24) is 10.6 Å². The molecule has 3 saturated carbocycles. The van der Waals surface area contributed by atoms with Crippen LogP contribution in [0.2, 0.25) is 0 Å². The number of fused-ring (bicyclic) bond motifs is 2. The van der Waals surface area contributed by atoms with Crippen LogP contribution in [0.3, 0.4) is 0 Å². The molecule has 132 valence electrons. The SMILES string of the molecule is COc1ccccc1CNC(=O)CN[C@@H]1C[C@@H]2C[C@H]([C@H]1C)C2(C)C. The highest BCUT2D eigenvalue weighted by Gasteiger charge is 2.55. The van der Waals surface area contributed by atoms with Gasteiger partial charge in [0.15, 0.2) is 0 Å². The van der Waals surface area contributed by atoms with Gasteiger partial charge in [-0.2, -0.15) is 0 Å². The highest BCUT2D eigenvalue weighted by atomic mass is 16.5. The first-order valence-electron chi connectivity index (χ1n) is 9.05. The summed E-state index contributed by atoms with van der Waals surface area (Å²) < 4.78 is 5.32. The van der Waals surface area contributed by atoms with Crippen LogP contribution < -0.4 is 15.4 Å². The van der Waals surface area contributed by atoms with Gasteiger partial charge in [-0.25, -0.2) is 0 Å². The van der Waals surface area contributed by atoms with E-state index in [9.17, 15) is 4.79 Å². The minimum absolute atomic E-state index is 0.0478. The van der Waals surface area contributed by atoms with Gasteiger partial charge in [-0.15, -0.1) is 0 Å². The van der Waals surface area contributed by atoms with E-state index in [0.717, 1.165) is 23.1 Å². The zero-order valence-corrected chi connectivity index (χ0v) is 15.3. The van der Waals surface area contributed by atoms with Crippen LogP contribution in [0.4, 0.5) is 0 Å². The molecule has 0 aliphatic heterocycles. The number of amides is 1. The van der Waals surface area contributed by atoms with Gasteiger partial charge in [0.25, 0.3) is 0 Å². The van der Waals surface area contributed by atoms with Crippen molar-refractivity contribution in [1.29, 1.82) is 0 Å². The van der Waals surface area contributed by atoms with Crippen molar-refractivity contribution < 1.29 is 9.53 Å². The minimum Gasteiger partial charge on any atom is -0.496 e. The largest absolute Gasteiger partial charge is 0.496 e. The van der Waals surface area contributed by atoms with E-state index >= 15 is 0 Å². The fraction of sp³-hybridized carbons (Fsp3) is 0.650. The van der Waals surface area contributed by atoms with Gasteiger partial charge in [-0.05, 0) is 42.1 Å². The number of nitrogens with one attached hydrogen (secondary N) is 2. The molecule has 24 heavy (non-hydrogen) atoms. The van der Waals surface area contributed by atoms with E-state index in [2.05, 4.69) is 31.4 Å². The first kappa shape index (κ1) is 17.3. The third kappa shape index (κ3) is 3.16. The smallest absolute Gasteiger partial charge is 0.234 e. The average Bonchev–Trinajstić information content (AvgIpc) is 2.58. The average molecular weight is 330 g/mol. The molecule has 1 amide bonds. The molecule has 2 bridgehead atoms. The van der Waals surface area contributed by atoms with E-state index in [4.69, 9.17) is 4.74 Å². The Kier molecular flexibility index (Phi) is 4.86. The van der Waals surface area contributed by atoms with Crippen LogP contribution in [0.1, 0.15) is 39.2 Å². The Labute approximate surface area is 145 Å². The first-order chi connectivity index (χ1) is 11.4. The molecule has 0 unspecified atom stereocenters. The van der Waals surface area contributed by atoms with Gasteiger partial charge in [0.1, 0.15) is 5.75 Å². The highest BCUT2D eigenvalue weighted by molar-refractivity contribution is 5.78. The van der Waals surface area contributed by atoms with Crippen molar-refractivity contribution in [2.75, 3.05) is 13.7 Å². The predicted octanol–water partition coefficient (Wildman–Crippen LogP) is 2.97. The molecule has 3 aliphatic carbocycles. The van der Waals surface area contributed by atoms with Gasteiger partial charge >= 0.3 is 0 Å². The summed E-state index contributed by atoms with van der Waals surface area (Å²) in [6, 6.07) is 8.25. The standard InChI is InChI=1S/C20H30N2O2/c1-13-16-9-15(20(16,2)3)10-17(13)21-12-19(23)22-11-14-7-5-6-8-18(14)24-4/h5-8,13,15-17,21H,9-12H2,1-4H3,(H,22,23)/t13-,15+,16-,17-/m1/s1. The first-order valence-corrected chi connectivity index (χ1v) is 9.05. The maximum absolute atomic E-state index is 12.2. The number of hydrogen-bond acceptors (Lipinski definition) is 3. The Morgan fingerprint density at radius 1 is 1.29 bits per heavy atom. The van der Waals surface area contributed by atoms with Gasteiger partial charge in [0.2, 0.25) is 5.91 Å². The lowest BCUT2D eigenvalue weighted by atomic mass is 9.45. The van der Waals surface area contributed by atoms with Crippen LogP contribution in [-0.2, 0) is 11.3 Å². The molecular weight excluding hydrogens is 300 g/mol. The second-order valence-corrected chi connectivity index (χ2v) is 8.03. The Morgan fingerprint density at radius 2 is 2.04 bits per heavy atom. The summed E-state index contributed by atoms with van der Waals surface area (Å²) in [5.41, 5.74) is 1.49. The molecule has 1 aromatic carbocycles. The quantitative estimate of drug-likeness (QED) is 0.843. The van der Waals surface area contributed by atoms with Crippen molar-refractivity contribution in [3.8, 4) is 5.75 Å². The maximum atomic E-state index is 12.2. The molecule has 0 spiro atoms. The molecule has 1 aromatic rings. The van der Waals surface area contributed by atoms with Crippen LogP contribution in [0, 0.1) is 23.2 Å². The van der Waals surface area contributed by atoms with Gasteiger partial charge in [-0.3, -0.25) is 4.79 Å². The lowest BCUT2D eigenvalue weighted by molar-refractivity contribution is -0.124.